The fourth-order valence-electron chi connectivity index (χ4n) is 3.77. The first kappa shape index (κ1) is 18.9. The Labute approximate surface area is 155 Å². The molecule has 3 N–H and O–H groups in total. The van der Waals surface area contributed by atoms with Gasteiger partial charge in [0.1, 0.15) is 5.75 Å². The van der Waals surface area contributed by atoms with Gasteiger partial charge in [-0.2, -0.15) is 0 Å². The maximum atomic E-state index is 10.9. The lowest BCUT2D eigenvalue weighted by atomic mass is 9.85. The molecule has 2 atom stereocenters. The van der Waals surface area contributed by atoms with E-state index in [9.17, 15) is 15.3 Å². The van der Waals surface area contributed by atoms with Crippen molar-refractivity contribution < 1.29 is 15.3 Å². The minimum Gasteiger partial charge on any atom is -0.508 e. The molecule has 0 spiro atoms. The normalized spacial score (nSPS) is 19.8. The van der Waals surface area contributed by atoms with Crippen molar-refractivity contribution in [1.29, 1.82) is 0 Å². The van der Waals surface area contributed by atoms with Crippen molar-refractivity contribution in [3.63, 3.8) is 0 Å². The molecule has 2 aromatic rings. The molecule has 3 rings (SSSR count). The molecule has 26 heavy (non-hydrogen) atoms. The van der Waals surface area contributed by atoms with Crippen LogP contribution < -0.4 is 0 Å². The molecule has 1 heterocycles. The van der Waals surface area contributed by atoms with E-state index in [4.69, 9.17) is 0 Å². The van der Waals surface area contributed by atoms with Crippen molar-refractivity contribution in [1.82, 2.24) is 4.90 Å². The van der Waals surface area contributed by atoms with Gasteiger partial charge in [0.25, 0.3) is 0 Å². The summed E-state index contributed by atoms with van der Waals surface area (Å²) < 4.78 is 0. The number of phenols is 1. The quantitative estimate of drug-likeness (QED) is 0.744. The average molecular weight is 355 g/mol. The van der Waals surface area contributed by atoms with E-state index in [1.54, 1.807) is 24.3 Å². The van der Waals surface area contributed by atoms with Gasteiger partial charge in [0, 0.05) is 19.1 Å². The van der Waals surface area contributed by atoms with Gasteiger partial charge in [0.05, 0.1) is 11.7 Å². The summed E-state index contributed by atoms with van der Waals surface area (Å²) in [5.41, 5.74) is 1.45. The summed E-state index contributed by atoms with van der Waals surface area (Å²) in [4.78, 5) is 2.24. The van der Waals surface area contributed by atoms with Crippen LogP contribution in [-0.2, 0) is 6.42 Å². The lowest BCUT2D eigenvalue weighted by Gasteiger charge is -2.42. The minimum atomic E-state index is -0.616. The highest BCUT2D eigenvalue weighted by atomic mass is 16.3. The second-order valence-electron chi connectivity index (χ2n) is 7.52. The molecule has 1 aliphatic rings. The Morgan fingerprint density at radius 3 is 2.23 bits per heavy atom. The Morgan fingerprint density at radius 1 is 1.00 bits per heavy atom. The van der Waals surface area contributed by atoms with Gasteiger partial charge in [-0.15, -0.1) is 0 Å². The Hall–Kier alpha value is -1.88. The van der Waals surface area contributed by atoms with Crippen molar-refractivity contribution >= 4 is 0 Å². The van der Waals surface area contributed by atoms with Crippen LogP contribution in [-0.4, -0.2) is 45.0 Å². The monoisotopic (exact) mass is 355 g/mol. The zero-order valence-electron chi connectivity index (χ0n) is 15.4. The van der Waals surface area contributed by atoms with Gasteiger partial charge in [0.15, 0.2) is 0 Å². The molecular formula is C22H29NO3. The fourth-order valence-corrected chi connectivity index (χ4v) is 3.77. The number of aromatic hydroxyl groups is 1. The van der Waals surface area contributed by atoms with E-state index in [0.717, 1.165) is 44.3 Å². The highest BCUT2D eigenvalue weighted by Gasteiger charge is 2.35. The van der Waals surface area contributed by atoms with Crippen molar-refractivity contribution in [2.45, 2.75) is 50.4 Å². The predicted molar refractivity (Wildman–Crippen MR) is 103 cm³/mol. The van der Waals surface area contributed by atoms with Crippen LogP contribution in [0.15, 0.2) is 54.6 Å². The molecule has 1 fully saturated rings. The second kappa shape index (κ2) is 8.21. The maximum Gasteiger partial charge on any atom is 0.115 e. The standard InChI is InChI=1S/C22H29NO3/c1-17(21(25)19-7-9-20(24)10-8-19)23-15-13-22(26,14-16-23)12-11-18-5-3-2-4-6-18/h2-10,17,21,24-26H,11-16H2,1H3/t17-,21-/m1/s1. The van der Waals surface area contributed by atoms with Gasteiger partial charge in [-0.05, 0) is 55.9 Å². The second-order valence-corrected chi connectivity index (χ2v) is 7.52. The molecule has 0 saturated carbocycles. The predicted octanol–water partition coefficient (Wildman–Crippen LogP) is 3.27. The third kappa shape index (κ3) is 4.64. The van der Waals surface area contributed by atoms with Crippen LogP contribution in [0.2, 0.25) is 0 Å². The summed E-state index contributed by atoms with van der Waals surface area (Å²) in [6, 6.07) is 17.0. The highest BCUT2D eigenvalue weighted by molar-refractivity contribution is 5.28. The van der Waals surface area contributed by atoms with Gasteiger partial charge >= 0.3 is 0 Å². The smallest absolute Gasteiger partial charge is 0.115 e. The van der Waals surface area contributed by atoms with Crippen LogP contribution in [0.3, 0.4) is 0 Å². The Kier molecular flexibility index (Phi) is 5.97. The Morgan fingerprint density at radius 2 is 1.62 bits per heavy atom. The molecule has 4 nitrogen and oxygen atoms in total. The number of phenolic OH excluding ortho intramolecular Hbond substituents is 1. The van der Waals surface area contributed by atoms with Crippen molar-refractivity contribution in [2.75, 3.05) is 13.1 Å². The number of piperidine rings is 1. The molecule has 2 aromatic carbocycles. The Balaban J connectivity index is 1.52. The molecule has 0 bridgehead atoms. The van der Waals surface area contributed by atoms with Gasteiger partial charge in [-0.1, -0.05) is 42.5 Å². The minimum absolute atomic E-state index is 0.0294. The first-order valence-electron chi connectivity index (χ1n) is 9.44. The molecule has 4 heteroatoms. The number of benzene rings is 2. The van der Waals surface area contributed by atoms with Crippen LogP contribution in [0.25, 0.3) is 0 Å². The topological polar surface area (TPSA) is 63.9 Å². The third-order valence-electron chi connectivity index (χ3n) is 5.72. The molecule has 0 unspecified atom stereocenters. The van der Waals surface area contributed by atoms with E-state index in [2.05, 4.69) is 17.0 Å². The molecule has 0 amide bonds. The zero-order chi connectivity index (χ0) is 18.6. The molecular weight excluding hydrogens is 326 g/mol. The van der Waals surface area contributed by atoms with Crippen molar-refractivity contribution in [3.05, 3.63) is 65.7 Å². The number of nitrogens with zero attached hydrogens (tertiary/aromatic N) is 1. The van der Waals surface area contributed by atoms with Crippen LogP contribution >= 0.6 is 0 Å². The summed E-state index contributed by atoms with van der Waals surface area (Å²) in [5, 5.41) is 30.9. The average Bonchev–Trinajstić information content (AvgIpc) is 2.67. The molecule has 1 saturated heterocycles. The number of aliphatic hydroxyl groups excluding tert-OH is 1. The highest BCUT2D eigenvalue weighted by Crippen LogP contribution is 2.31. The first-order chi connectivity index (χ1) is 12.5. The van der Waals surface area contributed by atoms with Gasteiger partial charge < -0.3 is 15.3 Å². The fraction of sp³-hybridized carbons (Fsp3) is 0.455. The molecule has 140 valence electrons. The Bertz CT molecular complexity index is 678. The van der Waals surface area contributed by atoms with Crippen LogP contribution in [0.1, 0.15) is 43.4 Å². The van der Waals surface area contributed by atoms with E-state index >= 15 is 0 Å². The number of hydrogen-bond donors (Lipinski definition) is 3. The molecule has 1 aliphatic heterocycles. The summed E-state index contributed by atoms with van der Waals surface area (Å²) in [6.07, 6.45) is 2.52. The summed E-state index contributed by atoms with van der Waals surface area (Å²) in [7, 11) is 0. The maximum absolute atomic E-state index is 10.9. The lowest BCUT2D eigenvalue weighted by Crippen LogP contribution is -2.49. The summed E-state index contributed by atoms with van der Waals surface area (Å²) in [5.74, 6) is 0.204. The van der Waals surface area contributed by atoms with Gasteiger partial charge in [0.2, 0.25) is 0 Å². The summed E-state index contributed by atoms with van der Waals surface area (Å²) >= 11 is 0. The van der Waals surface area contributed by atoms with Crippen molar-refractivity contribution in [2.24, 2.45) is 0 Å². The van der Waals surface area contributed by atoms with Crippen molar-refractivity contribution in [3.8, 4) is 5.75 Å². The van der Waals surface area contributed by atoms with E-state index in [0.29, 0.717) is 0 Å². The van der Waals surface area contributed by atoms with E-state index in [1.165, 1.54) is 5.56 Å². The van der Waals surface area contributed by atoms with Crippen LogP contribution in [0, 0.1) is 0 Å². The SMILES string of the molecule is C[C@H]([C@@H](O)c1ccc(O)cc1)N1CCC(O)(CCc2ccccc2)CC1. The van der Waals surface area contributed by atoms with Gasteiger partial charge in [-0.3, -0.25) is 4.90 Å². The number of likely N-dealkylation sites (tertiary alicyclic amines) is 1. The van der Waals surface area contributed by atoms with E-state index < -0.39 is 11.7 Å². The number of rotatable bonds is 6. The molecule has 0 radical (unpaired) electrons. The van der Waals surface area contributed by atoms with Crippen LogP contribution in [0.4, 0.5) is 0 Å². The number of aryl methyl sites for hydroxylation is 1. The molecule has 0 aromatic heterocycles. The number of aliphatic hydroxyl groups is 2. The molecule has 0 aliphatic carbocycles. The number of hydrogen-bond acceptors (Lipinski definition) is 4. The third-order valence-corrected chi connectivity index (χ3v) is 5.72. The van der Waals surface area contributed by atoms with E-state index in [1.807, 2.05) is 25.1 Å². The van der Waals surface area contributed by atoms with Crippen LogP contribution in [0.5, 0.6) is 5.75 Å². The first-order valence-corrected chi connectivity index (χ1v) is 9.44. The zero-order valence-corrected chi connectivity index (χ0v) is 15.4. The van der Waals surface area contributed by atoms with E-state index in [-0.39, 0.29) is 11.8 Å². The largest absolute Gasteiger partial charge is 0.508 e. The summed E-state index contributed by atoms with van der Waals surface area (Å²) in [6.45, 7) is 3.58. The lowest BCUT2D eigenvalue weighted by molar-refractivity contribution is -0.0504. The van der Waals surface area contributed by atoms with Gasteiger partial charge in [-0.25, -0.2) is 0 Å².